The molecule has 1 nitrogen and oxygen atoms in total. The van der Waals surface area contributed by atoms with Crippen molar-refractivity contribution in [1.82, 2.24) is 4.90 Å². The summed E-state index contributed by atoms with van der Waals surface area (Å²) >= 11 is 5.61. The monoisotopic (exact) mass is 209 g/mol. The predicted molar refractivity (Wildman–Crippen MR) is 50.2 cm³/mol. The molecular weight excluding hydrogens is 196 g/mol. The van der Waals surface area contributed by atoms with Crippen LogP contribution in [0.15, 0.2) is 11.6 Å². The average molecular weight is 210 g/mol. The number of halogens is 3. The van der Waals surface area contributed by atoms with E-state index in [0.717, 1.165) is 0 Å². The number of nitrogens with zero attached hydrogens (tertiary/aromatic N) is 1. The van der Waals surface area contributed by atoms with Crippen LogP contribution in [0.2, 0.25) is 0 Å². The summed E-state index contributed by atoms with van der Waals surface area (Å²) in [6.07, 6.45) is -0.0711. The molecular formula is C9H14ClF2N. The van der Waals surface area contributed by atoms with Crippen molar-refractivity contribution in [1.29, 1.82) is 0 Å². The summed E-state index contributed by atoms with van der Waals surface area (Å²) in [4.78, 5) is 1.91. The van der Waals surface area contributed by atoms with Crippen LogP contribution in [0.25, 0.3) is 0 Å². The third kappa shape index (κ3) is 2.92. The van der Waals surface area contributed by atoms with Crippen molar-refractivity contribution in [3.8, 4) is 0 Å². The maximum Gasteiger partial charge on any atom is 0.253 e. The Bertz CT molecular complexity index is 206. The lowest BCUT2D eigenvalue weighted by atomic mass is 9.95. The Labute approximate surface area is 82.4 Å². The van der Waals surface area contributed by atoms with Gasteiger partial charge in [-0.25, -0.2) is 8.78 Å². The van der Waals surface area contributed by atoms with Gasteiger partial charge in [0.1, 0.15) is 0 Å². The van der Waals surface area contributed by atoms with E-state index in [0.29, 0.717) is 24.7 Å². The van der Waals surface area contributed by atoms with Gasteiger partial charge in [0.25, 0.3) is 5.92 Å². The first-order valence-corrected chi connectivity index (χ1v) is 4.73. The minimum Gasteiger partial charge on any atom is -0.297 e. The molecule has 0 spiro atoms. The quantitative estimate of drug-likeness (QED) is 0.676. The second kappa shape index (κ2) is 3.93. The maximum atomic E-state index is 13.0. The Balaban J connectivity index is 2.46. The molecule has 0 bridgehead atoms. The minimum absolute atomic E-state index is 0.0711. The lowest BCUT2D eigenvalue weighted by Crippen LogP contribution is -2.46. The number of likely N-dealkylation sites (tertiary alicyclic amines) is 1. The fourth-order valence-electron chi connectivity index (χ4n) is 1.55. The molecule has 1 aliphatic rings. The molecule has 0 aromatic rings. The third-order valence-electron chi connectivity index (χ3n) is 2.41. The van der Waals surface area contributed by atoms with Crippen molar-refractivity contribution in [2.75, 3.05) is 19.6 Å². The number of alkyl halides is 2. The first-order valence-electron chi connectivity index (χ1n) is 4.35. The number of hydrogen-bond donors (Lipinski definition) is 0. The van der Waals surface area contributed by atoms with Crippen molar-refractivity contribution < 1.29 is 8.78 Å². The van der Waals surface area contributed by atoms with Gasteiger partial charge in [0.05, 0.1) is 0 Å². The third-order valence-corrected chi connectivity index (χ3v) is 2.53. The number of rotatable bonds is 2. The molecule has 1 heterocycles. The normalized spacial score (nSPS) is 28.8. The van der Waals surface area contributed by atoms with Gasteiger partial charge >= 0.3 is 0 Å². The van der Waals surface area contributed by atoms with E-state index < -0.39 is 11.8 Å². The molecule has 1 saturated heterocycles. The maximum absolute atomic E-state index is 13.0. The van der Waals surface area contributed by atoms with Crippen LogP contribution in [0.5, 0.6) is 0 Å². The van der Waals surface area contributed by atoms with Crippen molar-refractivity contribution in [3.63, 3.8) is 0 Å². The molecule has 0 aromatic carbocycles. The Morgan fingerprint density at radius 2 is 2.31 bits per heavy atom. The smallest absolute Gasteiger partial charge is 0.253 e. The summed E-state index contributed by atoms with van der Waals surface area (Å²) in [5, 5.41) is 0.511. The van der Waals surface area contributed by atoms with Crippen LogP contribution in [0.1, 0.15) is 13.3 Å². The van der Waals surface area contributed by atoms with Crippen LogP contribution >= 0.6 is 11.6 Å². The van der Waals surface area contributed by atoms with E-state index in [1.807, 2.05) is 4.90 Å². The highest BCUT2D eigenvalue weighted by Crippen LogP contribution is 2.33. The van der Waals surface area contributed by atoms with E-state index in [2.05, 4.69) is 6.58 Å². The molecule has 1 fully saturated rings. The largest absolute Gasteiger partial charge is 0.297 e. The second-order valence-corrected chi connectivity index (χ2v) is 4.20. The number of hydrogen-bond acceptors (Lipinski definition) is 1. The zero-order valence-corrected chi connectivity index (χ0v) is 8.45. The molecule has 1 aliphatic heterocycles. The Kier molecular flexibility index (Phi) is 3.30. The van der Waals surface area contributed by atoms with E-state index in [4.69, 9.17) is 11.6 Å². The van der Waals surface area contributed by atoms with Crippen molar-refractivity contribution in [2.45, 2.75) is 19.3 Å². The standard InChI is InChI=1S/C9H14ClF2N/c1-7-5-13(6-8(2)10)4-3-9(7,11)12/h7H,2-6H2,1H3. The van der Waals surface area contributed by atoms with Crippen LogP contribution < -0.4 is 0 Å². The number of piperidine rings is 1. The van der Waals surface area contributed by atoms with Gasteiger partial charge in [-0.15, -0.1) is 0 Å². The molecule has 0 aliphatic carbocycles. The van der Waals surface area contributed by atoms with E-state index in [9.17, 15) is 8.78 Å². The topological polar surface area (TPSA) is 3.24 Å². The van der Waals surface area contributed by atoms with Gasteiger partial charge in [0, 0.05) is 37.0 Å². The van der Waals surface area contributed by atoms with Gasteiger partial charge in [-0.1, -0.05) is 25.1 Å². The molecule has 0 N–H and O–H groups in total. The summed E-state index contributed by atoms with van der Waals surface area (Å²) in [5.74, 6) is -3.10. The molecule has 1 rings (SSSR count). The zero-order valence-electron chi connectivity index (χ0n) is 7.69. The molecule has 0 saturated carbocycles. The van der Waals surface area contributed by atoms with Gasteiger partial charge in [-0.2, -0.15) is 0 Å². The Hall–Kier alpha value is -0.150. The highest BCUT2D eigenvalue weighted by atomic mass is 35.5. The van der Waals surface area contributed by atoms with Crippen LogP contribution in [0, 0.1) is 5.92 Å². The van der Waals surface area contributed by atoms with E-state index in [-0.39, 0.29) is 6.42 Å². The summed E-state index contributed by atoms with van der Waals surface area (Å²) in [7, 11) is 0. The van der Waals surface area contributed by atoms with Crippen LogP contribution in [0.4, 0.5) is 8.78 Å². The van der Waals surface area contributed by atoms with Gasteiger partial charge in [0.15, 0.2) is 0 Å². The minimum atomic E-state index is -2.51. The highest BCUT2D eigenvalue weighted by Gasteiger charge is 2.40. The van der Waals surface area contributed by atoms with E-state index in [1.165, 1.54) is 0 Å². The molecule has 0 aromatic heterocycles. The first kappa shape index (κ1) is 10.9. The first-order chi connectivity index (χ1) is 5.92. The molecule has 13 heavy (non-hydrogen) atoms. The molecule has 0 radical (unpaired) electrons. The zero-order chi connectivity index (χ0) is 10.1. The predicted octanol–water partition coefficient (Wildman–Crippen LogP) is 2.72. The highest BCUT2D eigenvalue weighted by molar-refractivity contribution is 6.29. The van der Waals surface area contributed by atoms with Gasteiger partial charge in [-0.3, -0.25) is 4.90 Å². The second-order valence-electron chi connectivity index (χ2n) is 3.66. The lowest BCUT2D eigenvalue weighted by molar-refractivity contribution is -0.0971. The van der Waals surface area contributed by atoms with Gasteiger partial charge < -0.3 is 0 Å². The fourth-order valence-corrected chi connectivity index (χ4v) is 1.72. The van der Waals surface area contributed by atoms with Crippen molar-refractivity contribution >= 4 is 11.6 Å². The summed E-state index contributed by atoms with van der Waals surface area (Å²) in [5.41, 5.74) is 0. The van der Waals surface area contributed by atoms with Crippen molar-refractivity contribution in [2.24, 2.45) is 5.92 Å². The van der Waals surface area contributed by atoms with Crippen molar-refractivity contribution in [3.05, 3.63) is 11.6 Å². The SMILES string of the molecule is C=C(Cl)CN1CCC(F)(F)C(C)C1. The average Bonchev–Trinajstić information content (AvgIpc) is 1.97. The summed E-state index contributed by atoms with van der Waals surface area (Å²) in [6, 6.07) is 0. The van der Waals surface area contributed by atoms with Crippen LogP contribution in [-0.4, -0.2) is 30.5 Å². The Morgan fingerprint density at radius 3 is 2.77 bits per heavy atom. The molecule has 1 atom stereocenters. The molecule has 4 heteroatoms. The van der Waals surface area contributed by atoms with Gasteiger partial charge in [-0.05, 0) is 0 Å². The van der Waals surface area contributed by atoms with E-state index in [1.54, 1.807) is 6.92 Å². The van der Waals surface area contributed by atoms with Crippen LogP contribution in [0.3, 0.4) is 0 Å². The molecule has 76 valence electrons. The van der Waals surface area contributed by atoms with E-state index >= 15 is 0 Å². The van der Waals surface area contributed by atoms with Crippen LogP contribution in [-0.2, 0) is 0 Å². The Morgan fingerprint density at radius 1 is 1.69 bits per heavy atom. The van der Waals surface area contributed by atoms with Gasteiger partial charge in [0.2, 0.25) is 0 Å². The fraction of sp³-hybridized carbons (Fsp3) is 0.778. The summed E-state index contributed by atoms with van der Waals surface area (Å²) in [6.45, 7) is 6.44. The lowest BCUT2D eigenvalue weighted by Gasteiger charge is -2.36. The molecule has 1 unspecified atom stereocenters. The molecule has 0 amide bonds. The summed E-state index contributed by atoms with van der Waals surface area (Å²) < 4.78 is 26.1.